The van der Waals surface area contributed by atoms with Crippen LogP contribution in [0.3, 0.4) is 0 Å². The summed E-state index contributed by atoms with van der Waals surface area (Å²) in [6.45, 7) is 8.75. The van der Waals surface area contributed by atoms with Gasteiger partial charge in [-0.05, 0) is 66.4 Å². The van der Waals surface area contributed by atoms with E-state index in [0.29, 0.717) is 18.1 Å². The van der Waals surface area contributed by atoms with Gasteiger partial charge in [-0.2, -0.15) is 0 Å². The van der Waals surface area contributed by atoms with Crippen molar-refractivity contribution in [1.82, 2.24) is 14.9 Å². The number of halogens is 3. The van der Waals surface area contributed by atoms with E-state index >= 15 is 0 Å². The van der Waals surface area contributed by atoms with E-state index in [-0.39, 0.29) is 11.6 Å². The molecule has 0 saturated carbocycles. The lowest BCUT2D eigenvalue weighted by Gasteiger charge is -2.35. The van der Waals surface area contributed by atoms with Gasteiger partial charge in [0.2, 0.25) is 0 Å². The maximum absolute atomic E-state index is 13.5. The van der Waals surface area contributed by atoms with E-state index in [1.54, 1.807) is 18.3 Å². The summed E-state index contributed by atoms with van der Waals surface area (Å²) in [7, 11) is 0. The molecule has 4 saturated heterocycles. The van der Waals surface area contributed by atoms with Gasteiger partial charge in [-0.25, -0.2) is 18.7 Å². The van der Waals surface area contributed by atoms with Crippen molar-refractivity contribution in [3.05, 3.63) is 72.6 Å². The van der Waals surface area contributed by atoms with Crippen molar-refractivity contribution in [2.75, 3.05) is 74.7 Å². The predicted octanol–water partition coefficient (Wildman–Crippen LogP) is 5.88. The summed E-state index contributed by atoms with van der Waals surface area (Å²) in [4.78, 5) is 15.9. The molecule has 8 rings (SSSR count). The first kappa shape index (κ1) is 29.9. The third-order valence-corrected chi connectivity index (χ3v) is 8.52. The fraction of sp³-hybridized carbons (Fsp3) is 0.455. The Kier molecular flexibility index (Phi) is 9.83. The summed E-state index contributed by atoms with van der Waals surface area (Å²) in [5.74, 6) is 2.10. The van der Waals surface area contributed by atoms with Crippen molar-refractivity contribution in [1.29, 1.82) is 0 Å². The van der Waals surface area contributed by atoms with Gasteiger partial charge in [0.1, 0.15) is 23.3 Å². The van der Waals surface area contributed by atoms with Crippen molar-refractivity contribution >= 4 is 44.8 Å². The molecule has 7 nitrogen and oxygen atoms in total. The highest BCUT2D eigenvalue weighted by Gasteiger charge is 2.28. The largest absolute Gasteiger partial charge is 0.372 e. The van der Waals surface area contributed by atoms with Gasteiger partial charge in [0.05, 0.1) is 31.3 Å². The molecule has 6 heterocycles. The Morgan fingerprint density at radius 2 is 1.19 bits per heavy atom. The van der Waals surface area contributed by atoms with Gasteiger partial charge in [-0.15, -0.1) is 11.6 Å². The number of epoxide rings is 2. The second kappa shape index (κ2) is 14.1. The maximum Gasteiger partial charge on any atom is 0.136 e. The Balaban J connectivity index is 0.000000134. The summed E-state index contributed by atoms with van der Waals surface area (Å²) in [6.07, 6.45) is 8.15. The topological polar surface area (TPSA) is 60.6 Å². The van der Waals surface area contributed by atoms with Gasteiger partial charge in [0, 0.05) is 69.0 Å². The van der Waals surface area contributed by atoms with Crippen LogP contribution < -0.4 is 9.80 Å². The van der Waals surface area contributed by atoms with Crippen molar-refractivity contribution in [3.63, 3.8) is 0 Å². The van der Waals surface area contributed by atoms with Gasteiger partial charge in [-0.3, -0.25) is 4.90 Å². The van der Waals surface area contributed by atoms with Crippen molar-refractivity contribution < 1.29 is 18.3 Å². The van der Waals surface area contributed by atoms with Crippen LogP contribution in [0.2, 0.25) is 0 Å². The van der Waals surface area contributed by atoms with Crippen molar-refractivity contribution in [3.8, 4) is 0 Å². The number of nitrogens with zero attached hydrogens (tertiary/aromatic N) is 5. The van der Waals surface area contributed by atoms with E-state index in [9.17, 15) is 8.78 Å². The molecule has 0 aliphatic carbocycles. The van der Waals surface area contributed by atoms with Crippen LogP contribution in [0.1, 0.15) is 19.3 Å². The standard InChI is InChI=1S/C16H18FN3O.C14H15FN2.C3H5ClO/c17-13-2-1-12-3-4-18-16(15(12)9-13)20-7-5-19(6-8-20)10-14-11-21-14;15-12-5-4-11-6-7-16-14(13(11)10-12)17-8-2-1-3-9-17;4-1-3-2-5-3/h1-4,9,14H,5-8,10-11H2;4-7,10H,1-3,8-9H2;3H,1-2H2/t14-;;/m1../s1. The molecule has 1 unspecified atom stereocenters. The van der Waals surface area contributed by atoms with Crippen LogP contribution in [0.25, 0.3) is 21.5 Å². The molecule has 10 heteroatoms. The molecule has 0 amide bonds. The molecule has 0 radical (unpaired) electrons. The molecule has 0 N–H and O–H groups in total. The first-order valence-electron chi connectivity index (χ1n) is 15.2. The maximum atomic E-state index is 13.5. The van der Waals surface area contributed by atoms with Gasteiger partial charge in [0.15, 0.2) is 0 Å². The lowest BCUT2D eigenvalue weighted by molar-refractivity contribution is 0.230. The quantitative estimate of drug-likeness (QED) is 0.207. The number of aromatic nitrogens is 2. The molecule has 4 aliphatic heterocycles. The Hall–Kier alpha value is -3.11. The summed E-state index contributed by atoms with van der Waals surface area (Å²) >= 11 is 5.27. The molecule has 2 atom stereocenters. The Labute approximate surface area is 256 Å². The molecule has 228 valence electrons. The summed E-state index contributed by atoms with van der Waals surface area (Å²) in [5, 5.41) is 3.92. The minimum atomic E-state index is -0.207. The number of anilines is 2. The number of hydrogen-bond acceptors (Lipinski definition) is 7. The monoisotopic (exact) mass is 609 g/mol. The summed E-state index contributed by atoms with van der Waals surface area (Å²) in [5.41, 5.74) is 0. The molecule has 4 aliphatic rings. The third-order valence-electron chi connectivity index (χ3n) is 8.18. The molecule has 0 bridgehead atoms. The third kappa shape index (κ3) is 8.09. The molecule has 4 aromatic rings. The van der Waals surface area contributed by atoms with E-state index in [4.69, 9.17) is 21.1 Å². The molecule has 2 aromatic carbocycles. The van der Waals surface area contributed by atoms with E-state index in [2.05, 4.69) is 24.7 Å². The molecule has 4 fully saturated rings. The second-order valence-electron chi connectivity index (χ2n) is 11.4. The van der Waals surface area contributed by atoms with Crippen LogP contribution in [0.5, 0.6) is 0 Å². The molecular formula is C33H38ClF2N5O2. The smallest absolute Gasteiger partial charge is 0.136 e. The number of hydrogen-bond donors (Lipinski definition) is 0. The molecule has 43 heavy (non-hydrogen) atoms. The van der Waals surface area contributed by atoms with E-state index in [0.717, 1.165) is 92.2 Å². The zero-order valence-electron chi connectivity index (χ0n) is 24.3. The Bertz CT molecular complexity index is 1510. The highest BCUT2D eigenvalue weighted by Crippen LogP contribution is 2.28. The molecule has 0 spiro atoms. The number of piperazine rings is 1. The lowest BCUT2D eigenvalue weighted by atomic mass is 10.1. The van der Waals surface area contributed by atoms with Crippen LogP contribution in [-0.4, -0.2) is 92.0 Å². The van der Waals surface area contributed by atoms with E-state index < -0.39 is 0 Å². The van der Waals surface area contributed by atoms with Crippen LogP contribution in [0, 0.1) is 11.6 Å². The number of benzene rings is 2. The fourth-order valence-electron chi connectivity index (χ4n) is 5.62. The first-order valence-corrected chi connectivity index (χ1v) is 15.7. The number of fused-ring (bicyclic) bond motifs is 2. The highest BCUT2D eigenvalue weighted by atomic mass is 35.5. The Morgan fingerprint density at radius 3 is 1.65 bits per heavy atom. The molecular weight excluding hydrogens is 572 g/mol. The zero-order valence-corrected chi connectivity index (χ0v) is 25.1. The van der Waals surface area contributed by atoms with Crippen LogP contribution in [0.4, 0.5) is 20.4 Å². The molecule has 2 aromatic heterocycles. The zero-order chi connectivity index (χ0) is 29.6. The number of piperidine rings is 1. The second-order valence-corrected chi connectivity index (χ2v) is 11.7. The normalized spacial score (nSPS) is 21.6. The average molecular weight is 610 g/mol. The highest BCUT2D eigenvalue weighted by molar-refractivity contribution is 6.18. The van der Waals surface area contributed by atoms with Gasteiger partial charge < -0.3 is 19.3 Å². The van der Waals surface area contributed by atoms with Crippen molar-refractivity contribution in [2.45, 2.75) is 31.5 Å². The summed E-state index contributed by atoms with van der Waals surface area (Å²) < 4.78 is 36.9. The number of ether oxygens (including phenoxy) is 2. The summed E-state index contributed by atoms with van der Waals surface area (Å²) in [6, 6.07) is 13.7. The minimum Gasteiger partial charge on any atom is -0.372 e. The van der Waals surface area contributed by atoms with Gasteiger partial charge >= 0.3 is 0 Å². The van der Waals surface area contributed by atoms with E-state index in [1.165, 1.54) is 31.4 Å². The number of alkyl halides is 1. The predicted molar refractivity (Wildman–Crippen MR) is 168 cm³/mol. The van der Waals surface area contributed by atoms with Crippen LogP contribution >= 0.6 is 11.6 Å². The number of pyridine rings is 2. The SMILES string of the molecule is ClCC1CO1.Fc1ccc2ccnc(N3CCCCC3)c2c1.Fc1ccc2ccnc(N3CCN(C[C@@H]4CO4)CC3)c2c1. The first-order chi connectivity index (χ1) is 21.1. The fourth-order valence-corrected chi connectivity index (χ4v) is 5.80. The Morgan fingerprint density at radius 1 is 0.674 bits per heavy atom. The van der Waals surface area contributed by atoms with Crippen molar-refractivity contribution in [2.24, 2.45) is 0 Å². The van der Waals surface area contributed by atoms with Crippen LogP contribution in [-0.2, 0) is 9.47 Å². The average Bonchev–Trinajstić information content (AvgIpc) is 3.98. The number of rotatable bonds is 5. The minimum absolute atomic E-state index is 0.191. The lowest BCUT2D eigenvalue weighted by Crippen LogP contribution is -2.47. The van der Waals surface area contributed by atoms with Gasteiger partial charge in [-0.1, -0.05) is 12.1 Å². The van der Waals surface area contributed by atoms with E-state index in [1.807, 2.05) is 30.5 Å². The van der Waals surface area contributed by atoms with Crippen LogP contribution in [0.15, 0.2) is 60.9 Å². The van der Waals surface area contributed by atoms with Gasteiger partial charge in [0.25, 0.3) is 0 Å².